The second-order valence-corrected chi connectivity index (χ2v) is 4.59. The van der Waals surface area contributed by atoms with Crippen LogP contribution in [0.5, 0.6) is 5.75 Å². The summed E-state index contributed by atoms with van der Waals surface area (Å²) in [5.41, 5.74) is 0.0764. The number of nitrogens with zero attached hydrogens (tertiary/aromatic N) is 1. The number of phenolic OH excluding ortho intramolecular Hbond substituents is 1. The highest BCUT2D eigenvalue weighted by atomic mass is 35.5. The molecule has 1 aromatic rings. The van der Waals surface area contributed by atoms with Crippen LogP contribution in [0.3, 0.4) is 0 Å². The van der Waals surface area contributed by atoms with E-state index in [9.17, 15) is 14.7 Å². The highest BCUT2D eigenvalue weighted by Crippen LogP contribution is 2.26. The van der Waals surface area contributed by atoms with Gasteiger partial charge in [0.05, 0.1) is 5.56 Å². The summed E-state index contributed by atoms with van der Waals surface area (Å²) in [5.74, 6) is -1.73. The zero-order valence-electron chi connectivity index (χ0n) is 9.47. The first kappa shape index (κ1) is 12.7. The Morgan fingerprint density at radius 1 is 1.39 bits per heavy atom. The molecular weight excluding hydrogens is 258 g/mol. The van der Waals surface area contributed by atoms with Gasteiger partial charge in [-0.1, -0.05) is 11.6 Å². The van der Waals surface area contributed by atoms with E-state index < -0.39 is 17.9 Å². The minimum Gasteiger partial charge on any atom is -0.507 e. The normalized spacial score (nSPS) is 18.9. The highest BCUT2D eigenvalue weighted by Gasteiger charge is 2.35. The van der Waals surface area contributed by atoms with Crippen LogP contribution in [0.1, 0.15) is 23.2 Å². The van der Waals surface area contributed by atoms with E-state index in [0.717, 1.165) is 0 Å². The molecule has 0 bridgehead atoms. The minimum atomic E-state index is -1.02. The Labute approximate surface area is 109 Å². The second-order valence-electron chi connectivity index (χ2n) is 4.16. The van der Waals surface area contributed by atoms with Gasteiger partial charge in [-0.25, -0.2) is 4.79 Å². The molecule has 0 saturated carbocycles. The van der Waals surface area contributed by atoms with Gasteiger partial charge in [-0.2, -0.15) is 0 Å². The summed E-state index contributed by atoms with van der Waals surface area (Å²) >= 11 is 5.68. The summed E-state index contributed by atoms with van der Waals surface area (Å²) < 4.78 is 0. The van der Waals surface area contributed by atoms with E-state index in [1.165, 1.54) is 23.1 Å². The molecule has 6 heteroatoms. The predicted octanol–water partition coefficient (Wildman–Crippen LogP) is 1.73. The van der Waals surface area contributed by atoms with Crippen molar-refractivity contribution in [3.8, 4) is 5.75 Å². The van der Waals surface area contributed by atoms with Gasteiger partial charge in [-0.15, -0.1) is 0 Å². The maximum Gasteiger partial charge on any atom is 0.326 e. The van der Waals surface area contributed by atoms with Gasteiger partial charge in [-0.3, -0.25) is 4.79 Å². The van der Waals surface area contributed by atoms with Gasteiger partial charge in [0.15, 0.2) is 0 Å². The maximum absolute atomic E-state index is 12.2. The molecule has 0 radical (unpaired) electrons. The first-order valence-electron chi connectivity index (χ1n) is 5.53. The molecule has 0 aromatic heterocycles. The average molecular weight is 270 g/mol. The SMILES string of the molecule is O=C(O)[C@@H]1CCCN1C(=O)c1ccc(Cl)cc1O. The quantitative estimate of drug-likeness (QED) is 0.857. The summed E-state index contributed by atoms with van der Waals surface area (Å²) in [6.45, 7) is 0.387. The summed E-state index contributed by atoms with van der Waals surface area (Å²) in [6, 6.07) is 3.34. The van der Waals surface area contributed by atoms with E-state index in [4.69, 9.17) is 16.7 Å². The van der Waals surface area contributed by atoms with Gasteiger partial charge < -0.3 is 15.1 Å². The molecule has 5 nitrogen and oxygen atoms in total. The number of hydrogen-bond acceptors (Lipinski definition) is 3. The molecule has 1 heterocycles. The Morgan fingerprint density at radius 3 is 2.72 bits per heavy atom. The Morgan fingerprint density at radius 2 is 2.11 bits per heavy atom. The molecule has 96 valence electrons. The van der Waals surface area contributed by atoms with Crippen LogP contribution >= 0.6 is 11.6 Å². The number of carbonyl (C=O) groups is 2. The van der Waals surface area contributed by atoms with Crippen LogP contribution in [0.25, 0.3) is 0 Å². The van der Waals surface area contributed by atoms with Gasteiger partial charge in [0.25, 0.3) is 5.91 Å². The highest BCUT2D eigenvalue weighted by molar-refractivity contribution is 6.30. The largest absolute Gasteiger partial charge is 0.507 e. The van der Waals surface area contributed by atoms with Crippen LogP contribution in [-0.4, -0.2) is 39.6 Å². The molecule has 1 aromatic carbocycles. The van der Waals surface area contributed by atoms with Gasteiger partial charge in [0.2, 0.25) is 0 Å². The molecule has 1 saturated heterocycles. The van der Waals surface area contributed by atoms with Crippen LogP contribution < -0.4 is 0 Å². The predicted molar refractivity (Wildman–Crippen MR) is 64.8 cm³/mol. The second kappa shape index (κ2) is 4.86. The van der Waals surface area contributed by atoms with E-state index in [1.807, 2.05) is 0 Å². The number of carbonyl (C=O) groups excluding carboxylic acids is 1. The smallest absolute Gasteiger partial charge is 0.326 e. The number of rotatable bonds is 2. The fourth-order valence-corrected chi connectivity index (χ4v) is 2.27. The Bertz CT molecular complexity index is 503. The molecule has 1 aliphatic heterocycles. The number of aliphatic carboxylic acids is 1. The van der Waals surface area contributed by atoms with Gasteiger partial charge in [-0.05, 0) is 31.0 Å². The molecule has 1 aliphatic rings. The first-order chi connectivity index (χ1) is 8.50. The van der Waals surface area contributed by atoms with Crippen LogP contribution in [0.15, 0.2) is 18.2 Å². The number of phenols is 1. The Hall–Kier alpha value is -1.75. The lowest BCUT2D eigenvalue weighted by atomic mass is 10.1. The first-order valence-corrected chi connectivity index (χ1v) is 5.91. The van der Waals surface area contributed by atoms with E-state index >= 15 is 0 Å². The molecule has 2 rings (SSSR count). The third-order valence-electron chi connectivity index (χ3n) is 2.99. The molecule has 0 aliphatic carbocycles. The molecule has 1 amide bonds. The number of hydrogen-bond donors (Lipinski definition) is 2. The standard InChI is InChI=1S/C12H12ClNO4/c13-7-3-4-8(10(15)6-7)11(16)14-5-1-2-9(14)12(17)18/h3-4,6,9,15H,1-2,5H2,(H,17,18)/t9-/m0/s1. The van der Waals surface area contributed by atoms with Crippen molar-refractivity contribution in [2.45, 2.75) is 18.9 Å². The van der Waals surface area contributed by atoms with Gasteiger partial charge in [0.1, 0.15) is 11.8 Å². The van der Waals surface area contributed by atoms with Crippen molar-refractivity contribution in [1.29, 1.82) is 0 Å². The van der Waals surface area contributed by atoms with Crippen molar-refractivity contribution in [3.05, 3.63) is 28.8 Å². The average Bonchev–Trinajstić information content (AvgIpc) is 2.77. The monoisotopic (exact) mass is 269 g/mol. The molecular formula is C12H12ClNO4. The lowest BCUT2D eigenvalue weighted by Gasteiger charge is -2.21. The number of aromatic hydroxyl groups is 1. The molecule has 2 N–H and O–H groups in total. The summed E-state index contributed by atoms with van der Waals surface area (Å²) in [6.07, 6.45) is 1.09. The zero-order valence-corrected chi connectivity index (χ0v) is 10.2. The number of carboxylic acid groups (broad SMARTS) is 1. The van der Waals surface area contributed by atoms with Crippen molar-refractivity contribution in [2.24, 2.45) is 0 Å². The molecule has 1 fully saturated rings. The van der Waals surface area contributed by atoms with Crippen molar-refractivity contribution >= 4 is 23.5 Å². The summed E-state index contributed by atoms with van der Waals surface area (Å²) in [5, 5.41) is 19.0. The fraction of sp³-hybridized carbons (Fsp3) is 0.333. The lowest BCUT2D eigenvalue weighted by molar-refractivity contribution is -0.141. The third kappa shape index (κ3) is 2.26. The Kier molecular flexibility index (Phi) is 3.43. The maximum atomic E-state index is 12.2. The zero-order chi connectivity index (χ0) is 13.3. The number of amides is 1. The third-order valence-corrected chi connectivity index (χ3v) is 3.22. The Balaban J connectivity index is 2.28. The van der Waals surface area contributed by atoms with E-state index in [2.05, 4.69) is 0 Å². The summed E-state index contributed by atoms with van der Waals surface area (Å²) in [7, 11) is 0. The lowest BCUT2D eigenvalue weighted by Crippen LogP contribution is -2.40. The topological polar surface area (TPSA) is 77.8 Å². The van der Waals surface area contributed by atoms with Crippen LogP contribution in [0.2, 0.25) is 5.02 Å². The fourth-order valence-electron chi connectivity index (χ4n) is 2.11. The number of halogens is 1. The van der Waals surface area contributed by atoms with Crippen molar-refractivity contribution in [2.75, 3.05) is 6.54 Å². The number of likely N-dealkylation sites (tertiary alicyclic amines) is 1. The van der Waals surface area contributed by atoms with Crippen LogP contribution in [-0.2, 0) is 4.79 Å². The van der Waals surface area contributed by atoms with Crippen molar-refractivity contribution < 1.29 is 19.8 Å². The minimum absolute atomic E-state index is 0.0764. The number of benzene rings is 1. The van der Waals surface area contributed by atoms with Crippen LogP contribution in [0.4, 0.5) is 0 Å². The molecule has 1 atom stereocenters. The summed E-state index contributed by atoms with van der Waals surface area (Å²) in [4.78, 5) is 24.4. The van der Waals surface area contributed by atoms with Gasteiger partial charge in [0, 0.05) is 11.6 Å². The van der Waals surface area contributed by atoms with E-state index in [-0.39, 0.29) is 11.3 Å². The van der Waals surface area contributed by atoms with E-state index in [0.29, 0.717) is 24.4 Å². The van der Waals surface area contributed by atoms with Crippen LogP contribution in [0, 0.1) is 0 Å². The van der Waals surface area contributed by atoms with Crippen molar-refractivity contribution in [3.63, 3.8) is 0 Å². The molecule has 18 heavy (non-hydrogen) atoms. The number of carboxylic acids is 1. The van der Waals surface area contributed by atoms with Gasteiger partial charge >= 0.3 is 5.97 Å². The molecule has 0 spiro atoms. The van der Waals surface area contributed by atoms with E-state index in [1.54, 1.807) is 0 Å². The van der Waals surface area contributed by atoms with Crippen molar-refractivity contribution in [1.82, 2.24) is 4.90 Å². The molecule has 0 unspecified atom stereocenters.